The lowest BCUT2D eigenvalue weighted by molar-refractivity contribution is 0.169. The number of hydrogen-bond donors (Lipinski definition) is 1. The van der Waals surface area contributed by atoms with Crippen molar-refractivity contribution < 1.29 is 9.53 Å². The van der Waals surface area contributed by atoms with Gasteiger partial charge in [0.2, 0.25) is 0 Å². The minimum absolute atomic E-state index is 0.335. The quantitative estimate of drug-likeness (QED) is 0.626. The van der Waals surface area contributed by atoms with Crippen molar-refractivity contribution in [2.45, 2.75) is 30.6 Å². The van der Waals surface area contributed by atoms with E-state index < -0.39 is 0 Å². The predicted molar refractivity (Wildman–Crippen MR) is 62.3 cm³/mol. The summed E-state index contributed by atoms with van der Waals surface area (Å²) in [7, 11) is 1.39. The number of hydrogen-bond acceptors (Lipinski definition) is 2. The van der Waals surface area contributed by atoms with Crippen molar-refractivity contribution in [2.24, 2.45) is 5.92 Å². The Hall–Kier alpha value is 0. The second-order valence-electron chi connectivity index (χ2n) is 3.10. The fourth-order valence-electron chi connectivity index (χ4n) is 1.15. The van der Waals surface area contributed by atoms with Crippen molar-refractivity contribution in [1.29, 1.82) is 0 Å². The summed E-state index contributed by atoms with van der Waals surface area (Å²) in [6.45, 7) is 5.04. The highest BCUT2D eigenvalue weighted by Crippen LogP contribution is 2.17. The van der Waals surface area contributed by atoms with Crippen molar-refractivity contribution in [2.75, 3.05) is 13.7 Å². The van der Waals surface area contributed by atoms with E-state index in [-0.39, 0.29) is 6.09 Å². The van der Waals surface area contributed by atoms with Crippen LogP contribution in [0.15, 0.2) is 0 Å². The first kappa shape index (κ1) is 13.0. The van der Waals surface area contributed by atoms with E-state index in [1.54, 1.807) is 0 Å². The number of alkyl halides is 1. The molecule has 4 heteroatoms. The lowest BCUT2D eigenvalue weighted by Crippen LogP contribution is -2.32. The summed E-state index contributed by atoms with van der Waals surface area (Å²) >= 11 is 2.39. The van der Waals surface area contributed by atoms with Gasteiger partial charge in [-0.2, -0.15) is 0 Å². The van der Waals surface area contributed by atoms with Crippen molar-refractivity contribution in [3.05, 3.63) is 0 Å². The van der Waals surface area contributed by atoms with Gasteiger partial charge in [0.25, 0.3) is 0 Å². The number of ether oxygens (including phenoxy) is 1. The van der Waals surface area contributed by atoms with Gasteiger partial charge in [0, 0.05) is 10.5 Å². The van der Waals surface area contributed by atoms with Crippen molar-refractivity contribution in [1.82, 2.24) is 5.32 Å². The van der Waals surface area contributed by atoms with Gasteiger partial charge < -0.3 is 10.1 Å². The van der Waals surface area contributed by atoms with Gasteiger partial charge in [-0.05, 0) is 12.3 Å². The second-order valence-corrected chi connectivity index (χ2v) is 5.06. The molecule has 0 bridgehead atoms. The molecule has 78 valence electrons. The SMILES string of the molecule is CCCC(CNC(=O)OC)C(C)I. The Morgan fingerprint density at radius 1 is 1.62 bits per heavy atom. The third-order valence-corrected chi connectivity index (χ3v) is 3.02. The highest BCUT2D eigenvalue weighted by Gasteiger charge is 2.14. The van der Waals surface area contributed by atoms with Gasteiger partial charge in [-0.1, -0.05) is 42.9 Å². The highest BCUT2D eigenvalue weighted by atomic mass is 127. The van der Waals surface area contributed by atoms with Crippen LogP contribution in [0.4, 0.5) is 4.79 Å². The number of carbonyl (C=O) groups is 1. The van der Waals surface area contributed by atoms with Crippen molar-refractivity contribution in [3.8, 4) is 0 Å². The first-order chi connectivity index (χ1) is 6.11. The molecule has 1 N–H and O–H groups in total. The van der Waals surface area contributed by atoms with Crippen molar-refractivity contribution in [3.63, 3.8) is 0 Å². The van der Waals surface area contributed by atoms with Crippen LogP contribution in [-0.4, -0.2) is 23.7 Å². The third kappa shape index (κ3) is 6.12. The van der Waals surface area contributed by atoms with Gasteiger partial charge in [-0.25, -0.2) is 4.79 Å². The van der Waals surface area contributed by atoms with Crippen LogP contribution < -0.4 is 5.32 Å². The third-order valence-electron chi connectivity index (χ3n) is 2.00. The molecule has 0 saturated carbocycles. The lowest BCUT2D eigenvalue weighted by Gasteiger charge is -2.18. The maximum absolute atomic E-state index is 10.8. The zero-order valence-electron chi connectivity index (χ0n) is 8.47. The standard InChI is InChI=1S/C9H18INO2/c1-4-5-8(7(2)10)6-11-9(12)13-3/h7-8H,4-6H2,1-3H3,(H,11,12). The van der Waals surface area contributed by atoms with E-state index in [2.05, 4.69) is 46.5 Å². The average molecular weight is 299 g/mol. The molecular formula is C9H18INO2. The molecule has 3 nitrogen and oxygen atoms in total. The summed E-state index contributed by atoms with van der Waals surface area (Å²) in [6, 6.07) is 0. The van der Waals surface area contributed by atoms with Crippen LogP contribution in [0, 0.1) is 5.92 Å². The fourth-order valence-corrected chi connectivity index (χ4v) is 1.77. The predicted octanol–water partition coefficient (Wildman–Crippen LogP) is 2.58. The van der Waals surface area contributed by atoms with E-state index >= 15 is 0 Å². The molecule has 2 atom stereocenters. The van der Waals surface area contributed by atoms with Crippen LogP contribution in [0.3, 0.4) is 0 Å². The summed E-state index contributed by atoms with van der Waals surface area (Å²) in [5.74, 6) is 0.546. The van der Waals surface area contributed by atoms with Gasteiger partial charge in [-0.15, -0.1) is 0 Å². The first-order valence-corrected chi connectivity index (χ1v) is 5.82. The molecule has 13 heavy (non-hydrogen) atoms. The molecule has 2 unspecified atom stereocenters. The first-order valence-electron chi connectivity index (χ1n) is 4.57. The molecular weight excluding hydrogens is 281 g/mol. The fraction of sp³-hybridized carbons (Fsp3) is 0.889. The van der Waals surface area contributed by atoms with Crippen LogP contribution in [0.2, 0.25) is 0 Å². The minimum Gasteiger partial charge on any atom is -0.453 e. The number of rotatable bonds is 5. The number of amides is 1. The normalized spacial score (nSPS) is 14.8. The Bertz CT molecular complexity index is 151. The molecule has 0 aromatic rings. The molecule has 0 aliphatic carbocycles. The van der Waals surface area contributed by atoms with Gasteiger partial charge in [0.15, 0.2) is 0 Å². The Morgan fingerprint density at radius 3 is 2.62 bits per heavy atom. The summed E-state index contributed by atoms with van der Waals surface area (Å²) in [5.41, 5.74) is 0. The van der Waals surface area contributed by atoms with E-state index in [1.165, 1.54) is 7.11 Å². The maximum atomic E-state index is 10.8. The maximum Gasteiger partial charge on any atom is 0.406 e. The Kier molecular flexibility index (Phi) is 7.41. The number of nitrogens with one attached hydrogen (secondary N) is 1. The smallest absolute Gasteiger partial charge is 0.406 e. The largest absolute Gasteiger partial charge is 0.453 e. The molecule has 0 fully saturated rings. The molecule has 0 aliphatic rings. The molecule has 0 aromatic heterocycles. The molecule has 0 heterocycles. The van der Waals surface area contributed by atoms with E-state index in [9.17, 15) is 4.79 Å². The van der Waals surface area contributed by atoms with Gasteiger partial charge in [0.1, 0.15) is 0 Å². The van der Waals surface area contributed by atoms with Gasteiger partial charge >= 0.3 is 6.09 Å². The molecule has 0 aromatic carbocycles. The minimum atomic E-state index is -0.335. The van der Waals surface area contributed by atoms with Crippen molar-refractivity contribution >= 4 is 28.7 Å². The Balaban J connectivity index is 3.75. The average Bonchev–Trinajstić information content (AvgIpc) is 2.11. The van der Waals surface area contributed by atoms with Crippen LogP contribution in [0.5, 0.6) is 0 Å². The molecule has 1 amide bonds. The highest BCUT2D eigenvalue weighted by molar-refractivity contribution is 14.1. The van der Waals surface area contributed by atoms with E-state index in [0.717, 1.165) is 12.8 Å². The molecule has 0 rings (SSSR count). The van der Waals surface area contributed by atoms with Crippen LogP contribution in [0.25, 0.3) is 0 Å². The Labute approximate surface area is 93.7 Å². The number of carbonyl (C=O) groups excluding carboxylic acids is 1. The summed E-state index contributed by atoms with van der Waals surface area (Å²) < 4.78 is 5.08. The van der Waals surface area contributed by atoms with Crippen LogP contribution in [0.1, 0.15) is 26.7 Å². The topological polar surface area (TPSA) is 38.3 Å². The zero-order valence-corrected chi connectivity index (χ0v) is 10.6. The Morgan fingerprint density at radius 2 is 2.23 bits per heavy atom. The van der Waals surface area contributed by atoms with Crippen LogP contribution in [-0.2, 0) is 4.74 Å². The van der Waals surface area contributed by atoms with Gasteiger partial charge in [-0.3, -0.25) is 0 Å². The number of alkyl carbamates (subject to hydrolysis) is 1. The summed E-state index contributed by atoms with van der Waals surface area (Å²) in [5, 5.41) is 2.73. The van der Waals surface area contributed by atoms with Gasteiger partial charge in [0.05, 0.1) is 7.11 Å². The van der Waals surface area contributed by atoms with E-state index in [0.29, 0.717) is 16.4 Å². The zero-order chi connectivity index (χ0) is 10.3. The lowest BCUT2D eigenvalue weighted by atomic mass is 10.0. The summed E-state index contributed by atoms with van der Waals surface area (Å²) in [4.78, 5) is 10.8. The number of methoxy groups -OCH3 is 1. The molecule has 0 aliphatic heterocycles. The molecule has 0 radical (unpaired) electrons. The summed E-state index contributed by atoms with van der Waals surface area (Å²) in [6.07, 6.45) is 1.97. The van der Waals surface area contributed by atoms with E-state index in [4.69, 9.17) is 0 Å². The van der Waals surface area contributed by atoms with Crippen LogP contribution >= 0.6 is 22.6 Å². The molecule has 0 spiro atoms. The number of halogens is 1. The monoisotopic (exact) mass is 299 g/mol. The molecule has 0 saturated heterocycles. The van der Waals surface area contributed by atoms with E-state index in [1.807, 2.05) is 0 Å². The second kappa shape index (κ2) is 7.41.